The minimum atomic E-state index is -0.820. The highest BCUT2D eigenvalue weighted by Gasteiger charge is 2.17. The fraction of sp³-hybridized carbons (Fsp3) is 0.267. The summed E-state index contributed by atoms with van der Waals surface area (Å²) in [4.78, 5) is 34.0. The van der Waals surface area contributed by atoms with Gasteiger partial charge in [-0.2, -0.15) is 0 Å². The first kappa shape index (κ1) is 27.1. The summed E-state index contributed by atoms with van der Waals surface area (Å²) in [5.41, 5.74) is 5.06. The highest BCUT2D eigenvalue weighted by molar-refractivity contribution is 6.30. The molecule has 1 aromatic heterocycles. The van der Waals surface area contributed by atoms with E-state index in [4.69, 9.17) is 31.4 Å². The molecule has 2 N–H and O–H groups in total. The second-order valence-electron chi connectivity index (χ2n) is 9.44. The van der Waals surface area contributed by atoms with E-state index in [1.54, 1.807) is 37.4 Å². The van der Waals surface area contributed by atoms with Crippen LogP contribution < -0.4 is 10.1 Å². The number of ether oxygens (including phenoxy) is 1. The van der Waals surface area contributed by atoms with Crippen LogP contribution in [-0.4, -0.2) is 34.1 Å². The van der Waals surface area contributed by atoms with Crippen LogP contribution in [0, 0.1) is 5.92 Å². The molecule has 1 heterocycles. The minimum absolute atomic E-state index is 0.0142. The van der Waals surface area contributed by atoms with Crippen LogP contribution in [0.4, 0.5) is 0 Å². The van der Waals surface area contributed by atoms with Crippen molar-refractivity contribution in [2.24, 2.45) is 5.92 Å². The van der Waals surface area contributed by atoms with Crippen molar-refractivity contribution >= 4 is 34.5 Å². The lowest BCUT2D eigenvalue weighted by molar-refractivity contribution is -0.138. The van der Waals surface area contributed by atoms with E-state index >= 15 is 0 Å². The highest BCUT2D eigenvalue weighted by Crippen LogP contribution is 2.27. The third-order valence-electron chi connectivity index (χ3n) is 6.48. The zero-order valence-electron chi connectivity index (χ0n) is 21.6. The minimum Gasteiger partial charge on any atom is -0.497 e. The van der Waals surface area contributed by atoms with Crippen molar-refractivity contribution in [3.05, 3.63) is 88.6 Å². The second-order valence-corrected chi connectivity index (χ2v) is 9.88. The number of carboxylic acid groups (broad SMARTS) is 1. The lowest BCUT2D eigenvalue weighted by atomic mass is 9.98. The predicted molar refractivity (Wildman–Crippen MR) is 149 cm³/mol. The zero-order valence-corrected chi connectivity index (χ0v) is 22.3. The highest BCUT2D eigenvalue weighted by atomic mass is 35.5. The predicted octanol–water partition coefficient (Wildman–Crippen LogP) is 6.49. The van der Waals surface area contributed by atoms with Gasteiger partial charge in [-0.3, -0.25) is 9.59 Å². The Kier molecular flexibility index (Phi) is 8.59. The van der Waals surface area contributed by atoms with Gasteiger partial charge in [-0.1, -0.05) is 42.8 Å². The number of halogens is 1. The SMILES string of the molecule is COc1ccc([C@H](C)NC(=O)c2ccc3nc(-c4ccc(Cl)cc4)c(CCC(C)CC(=O)O)nc3c2)cc1. The molecule has 0 aliphatic heterocycles. The average molecular weight is 532 g/mol. The fourth-order valence-corrected chi connectivity index (χ4v) is 4.41. The van der Waals surface area contributed by atoms with Crippen molar-refractivity contribution in [1.29, 1.82) is 0 Å². The zero-order chi connectivity index (χ0) is 27.2. The van der Waals surface area contributed by atoms with Crippen molar-refractivity contribution in [2.45, 2.75) is 39.2 Å². The number of hydrogen-bond acceptors (Lipinski definition) is 5. The van der Waals surface area contributed by atoms with Crippen LogP contribution >= 0.6 is 11.6 Å². The van der Waals surface area contributed by atoms with Gasteiger partial charge < -0.3 is 15.2 Å². The van der Waals surface area contributed by atoms with Crippen LogP contribution in [0.3, 0.4) is 0 Å². The summed E-state index contributed by atoms with van der Waals surface area (Å²) in [5, 5.41) is 12.8. The molecule has 1 unspecified atom stereocenters. The van der Waals surface area contributed by atoms with E-state index < -0.39 is 5.97 Å². The average Bonchev–Trinajstić information content (AvgIpc) is 2.91. The van der Waals surface area contributed by atoms with E-state index in [2.05, 4.69) is 5.32 Å². The topological polar surface area (TPSA) is 101 Å². The van der Waals surface area contributed by atoms with E-state index in [1.165, 1.54) is 0 Å². The molecule has 4 aromatic rings. The van der Waals surface area contributed by atoms with Crippen molar-refractivity contribution in [2.75, 3.05) is 7.11 Å². The Hall–Kier alpha value is -3.97. The molecule has 0 spiro atoms. The quantitative estimate of drug-likeness (QED) is 0.242. The lowest BCUT2D eigenvalue weighted by Gasteiger charge is -2.16. The molecule has 0 saturated heterocycles. The summed E-state index contributed by atoms with van der Waals surface area (Å²) in [6.45, 7) is 3.84. The second kappa shape index (κ2) is 12.0. The molecule has 38 heavy (non-hydrogen) atoms. The third-order valence-corrected chi connectivity index (χ3v) is 6.73. The van der Waals surface area contributed by atoms with Crippen LogP contribution in [0.25, 0.3) is 22.3 Å². The molecule has 2 atom stereocenters. The first-order valence-electron chi connectivity index (χ1n) is 12.5. The van der Waals surface area contributed by atoms with Gasteiger partial charge in [0.05, 0.1) is 35.6 Å². The van der Waals surface area contributed by atoms with E-state index in [0.717, 1.165) is 28.3 Å². The maximum Gasteiger partial charge on any atom is 0.303 e. The van der Waals surface area contributed by atoms with E-state index in [1.807, 2.05) is 50.2 Å². The number of methoxy groups -OCH3 is 1. The van der Waals surface area contributed by atoms with Crippen LogP contribution in [0.15, 0.2) is 66.7 Å². The number of aromatic nitrogens is 2. The monoisotopic (exact) mass is 531 g/mol. The van der Waals surface area contributed by atoms with E-state index in [0.29, 0.717) is 34.5 Å². The maximum atomic E-state index is 13.1. The number of benzene rings is 3. The van der Waals surface area contributed by atoms with Gasteiger partial charge in [-0.15, -0.1) is 0 Å². The number of aliphatic carboxylic acids is 1. The normalized spacial score (nSPS) is 12.6. The molecule has 3 aromatic carbocycles. The Bertz CT molecular complexity index is 1440. The molecule has 7 nitrogen and oxygen atoms in total. The Morgan fingerprint density at radius 1 is 0.974 bits per heavy atom. The number of fused-ring (bicyclic) bond motifs is 1. The van der Waals surface area contributed by atoms with Gasteiger partial charge in [0.1, 0.15) is 5.75 Å². The smallest absolute Gasteiger partial charge is 0.303 e. The van der Waals surface area contributed by atoms with Gasteiger partial charge in [-0.25, -0.2) is 9.97 Å². The van der Waals surface area contributed by atoms with Gasteiger partial charge in [0.25, 0.3) is 5.91 Å². The Labute approximate surface area is 226 Å². The van der Waals surface area contributed by atoms with Gasteiger partial charge in [0.15, 0.2) is 0 Å². The summed E-state index contributed by atoms with van der Waals surface area (Å²) in [6, 6.07) is 20.0. The number of amides is 1. The summed E-state index contributed by atoms with van der Waals surface area (Å²) in [7, 11) is 1.61. The van der Waals surface area contributed by atoms with Crippen molar-refractivity contribution in [3.8, 4) is 17.0 Å². The number of carboxylic acids is 1. The molecule has 196 valence electrons. The number of aryl methyl sites for hydroxylation is 1. The standard InChI is InChI=1S/C30H30ClN3O4/c1-18(16-28(35)36)4-14-26-29(21-5-10-23(31)11-6-21)34-25-15-9-22(17-27(25)33-26)30(37)32-19(2)20-7-12-24(38-3)13-8-20/h5-13,15,17-19H,4,14,16H2,1-3H3,(H,32,37)(H,35,36)/t18?,19-/m0/s1. The van der Waals surface area contributed by atoms with Crippen molar-refractivity contribution in [1.82, 2.24) is 15.3 Å². The fourth-order valence-electron chi connectivity index (χ4n) is 4.28. The molecule has 0 saturated carbocycles. The van der Waals surface area contributed by atoms with Gasteiger partial charge in [0.2, 0.25) is 0 Å². The molecular formula is C30H30ClN3O4. The van der Waals surface area contributed by atoms with Crippen molar-refractivity contribution in [3.63, 3.8) is 0 Å². The number of nitrogens with one attached hydrogen (secondary N) is 1. The summed E-state index contributed by atoms with van der Waals surface area (Å²) in [5.74, 6) is -0.291. The number of carbonyl (C=O) groups excluding carboxylic acids is 1. The largest absolute Gasteiger partial charge is 0.497 e. The molecule has 0 aliphatic carbocycles. The first-order valence-corrected chi connectivity index (χ1v) is 12.8. The van der Waals surface area contributed by atoms with Crippen LogP contribution in [0.2, 0.25) is 5.02 Å². The van der Waals surface area contributed by atoms with Gasteiger partial charge in [-0.05, 0) is 73.7 Å². The third kappa shape index (κ3) is 6.66. The molecule has 0 fully saturated rings. The molecule has 0 radical (unpaired) electrons. The number of hydrogen-bond donors (Lipinski definition) is 2. The summed E-state index contributed by atoms with van der Waals surface area (Å²) >= 11 is 6.09. The number of nitrogens with zero attached hydrogens (tertiary/aromatic N) is 2. The summed E-state index contributed by atoms with van der Waals surface area (Å²) in [6.07, 6.45) is 1.29. The van der Waals surface area contributed by atoms with Crippen molar-refractivity contribution < 1.29 is 19.4 Å². The molecular weight excluding hydrogens is 502 g/mol. The molecule has 0 bridgehead atoms. The first-order chi connectivity index (χ1) is 18.2. The van der Waals surface area contributed by atoms with E-state index in [-0.39, 0.29) is 24.3 Å². The lowest BCUT2D eigenvalue weighted by Crippen LogP contribution is -2.26. The molecule has 0 aliphatic rings. The number of rotatable bonds is 10. The van der Waals surface area contributed by atoms with Crippen LogP contribution in [0.5, 0.6) is 5.75 Å². The number of carbonyl (C=O) groups is 2. The molecule has 4 rings (SSSR count). The van der Waals surface area contributed by atoms with Crippen LogP contribution in [-0.2, 0) is 11.2 Å². The van der Waals surface area contributed by atoms with Gasteiger partial charge >= 0.3 is 5.97 Å². The summed E-state index contributed by atoms with van der Waals surface area (Å²) < 4.78 is 5.21. The molecule has 8 heteroatoms. The van der Waals surface area contributed by atoms with Gasteiger partial charge in [0, 0.05) is 22.6 Å². The van der Waals surface area contributed by atoms with Crippen LogP contribution in [0.1, 0.15) is 54.3 Å². The Balaban J connectivity index is 1.62. The van der Waals surface area contributed by atoms with E-state index in [9.17, 15) is 9.59 Å². The Morgan fingerprint density at radius 2 is 1.68 bits per heavy atom. The maximum absolute atomic E-state index is 13.1. The Morgan fingerprint density at radius 3 is 2.34 bits per heavy atom. The molecule has 1 amide bonds.